The van der Waals surface area contributed by atoms with Crippen LogP contribution in [0.25, 0.3) is 22.3 Å². The summed E-state index contributed by atoms with van der Waals surface area (Å²) in [6.45, 7) is 6.79. The quantitative estimate of drug-likeness (QED) is 0.605. The molecule has 2 aliphatic heterocycles. The first-order chi connectivity index (χ1) is 15.6. The Labute approximate surface area is 192 Å². The average molecular weight is 471 g/mol. The first kappa shape index (κ1) is 21.8. The molecule has 2 atom stereocenters. The smallest absolute Gasteiger partial charge is 0.220 e. The molecule has 10 nitrogen and oxygen atoms in total. The van der Waals surface area contributed by atoms with Gasteiger partial charge in [-0.25, -0.2) is 28.4 Å². The molecular formula is C22H26N6O4S. The first-order valence-electron chi connectivity index (χ1n) is 10.7. The summed E-state index contributed by atoms with van der Waals surface area (Å²) >= 11 is 0. The van der Waals surface area contributed by atoms with E-state index in [2.05, 4.69) is 21.8 Å². The van der Waals surface area contributed by atoms with Crippen LogP contribution in [0.15, 0.2) is 24.4 Å². The monoisotopic (exact) mass is 470 g/mol. The summed E-state index contributed by atoms with van der Waals surface area (Å²) in [5.41, 5.74) is 7.46. The summed E-state index contributed by atoms with van der Waals surface area (Å²) in [5, 5.41) is 0.779. The van der Waals surface area contributed by atoms with Gasteiger partial charge in [0.25, 0.3) is 0 Å². The molecule has 1 unspecified atom stereocenters. The van der Waals surface area contributed by atoms with Crippen molar-refractivity contribution in [3.63, 3.8) is 0 Å². The number of rotatable bonds is 3. The third-order valence-electron chi connectivity index (χ3n) is 6.40. The Balaban J connectivity index is 1.75. The second-order valence-electron chi connectivity index (χ2n) is 9.09. The number of hydrogen-bond acceptors (Lipinski definition) is 10. The molecule has 0 amide bonds. The van der Waals surface area contributed by atoms with Gasteiger partial charge < -0.3 is 20.1 Å². The van der Waals surface area contributed by atoms with Gasteiger partial charge >= 0.3 is 0 Å². The van der Waals surface area contributed by atoms with Crippen molar-refractivity contribution in [3.8, 4) is 17.1 Å². The molecule has 33 heavy (non-hydrogen) atoms. The average Bonchev–Trinajstić information content (AvgIpc) is 2.77. The Morgan fingerprint density at radius 2 is 1.94 bits per heavy atom. The number of anilines is 2. The van der Waals surface area contributed by atoms with Crippen molar-refractivity contribution >= 4 is 32.5 Å². The molecule has 4 heterocycles. The van der Waals surface area contributed by atoms with E-state index < -0.39 is 14.6 Å². The van der Waals surface area contributed by atoms with Crippen molar-refractivity contribution in [3.05, 3.63) is 30.1 Å². The molecule has 11 heteroatoms. The van der Waals surface area contributed by atoms with E-state index in [0.717, 1.165) is 5.39 Å². The maximum atomic E-state index is 12.8. The van der Waals surface area contributed by atoms with Crippen LogP contribution in [-0.4, -0.2) is 66.5 Å². The fourth-order valence-corrected chi connectivity index (χ4v) is 4.72. The summed E-state index contributed by atoms with van der Waals surface area (Å²) in [5.74, 6) is 1.60. The lowest BCUT2D eigenvalue weighted by molar-refractivity contribution is 0.0482. The predicted octanol–water partition coefficient (Wildman–Crippen LogP) is 1.93. The third-order valence-corrected chi connectivity index (χ3v) is 8.45. The molecule has 1 fully saturated rings. The number of nitrogen functional groups attached to an aromatic ring is 1. The summed E-state index contributed by atoms with van der Waals surface area (Å²) < 4.78 is 36.0. The molecule has 5 rings (SSSR count). The van der Waals surface area contributed by atoms with E-state index in [0.29, 0.717) is 54.0 Å². The number of aromatic nitrogens is 4. The minimum absolute atomic E-state index is 0.00817. The number of morpholine rings is 1. The molecular weight excluding hydrogens is 444 g/mol. The molecule has 3 aromatic rings. The van der Waals surface area contributed by atoms with Crippen molar-refractivity contribution < 1.29 is 17.9 Å². The van der Waals surface area contributed by atoms with Crippen molar-refractivity contribution in [2.75, 3.05) is 36.7 Å². The van der Waals surface area contributed by atoms with Crippen LogP contribution in [0.2, 0.25) is 0 Å². The Hall–Kier alpha value is -3.05. The maximum Gasteiger partial charge on any atom is 0.220 e. The van der Waals surface area contributed by atoms with Gasteiger partial charge in [0.2, 0.25) is 5.95 Å². The molecule has 0 spiro atoms. The fourth-order valence-electron chi connectivity index (χ4n) is 4.23. The van der Waals surface area contributed by atoms with Gasteiger partial charge in [-0.2, -0.15) is 0 Å². The van der Waals surface area contributed by atoms with Crippen LogP contribution in [0.5, 0.6) is 5.75 Å². The maximum absolute atomic E-state index is 12.8. The largest absolute Gasteiger partial charge is 0.486 e. The number of benzene rings is 1. The number of ether oxygens (including phenoxy) is 2. The van der Waals surface area contributed by atoms with E-state index in [1.807, 2.05) is 18.2 Å². The number of nitrogens with zero attached hydrogens (tertiary/aromatic N) is 5. The van der Waals surface area contributed by atoms with Crippen molar-refractivity contribution in [2.24, 2.45) is 0 Å². The van der Waals surface area contributed by atoms with Gasteiger partial charge in [0, 0.05) is 23.4 Å². The summed E-state index contributed by atoms with van der Waals surface area (Å²) in [6.07, 6.45) is 2.85. The van der Waals surface area contributed by atoms with E-state index in [-0.39, 0.29) is 18.0 Å². The number of sulfone groups is 1. The number of nitrogens with two attached hydrogens (primary N) is 1. The first-order valence-corrected chi connectivity index (χ1v) is 12.6. The van der Waals surface area contributed by atoms with Crippen molar-refractivity contribution in [2.45, 2.75) is 37.6 Å². The fraction of sp³-hybridized carbons (Fsp3) is 0.455. The molecule has 0 saturated carbocycles. The molecule has 2 aliphatic rings. The topological polar surface area (TPSA) is 133 Å². The van der Waals surface area contributed by atoms with Gasteiger partial charge in [-0.15, -0.1) is 0 Å². The van der Waals surface area contributed by atoms with Crippen LogP contribution < -0.4 is 15.4 Å². The molecule has 2 N–H and O–H groups in total. The number of hydrogen-bond donors (Lipinski definition) is 1. The van der Waals surface area contributed by atoms with E-state index in [4.69, 9.17) is 25.2 Å². The van der Waals surface area contributed by atoms with E-state index in [9.17, 15) is 8.42 Å². The van der Waals surface area contributed by atoms with E-state index in [1.54, 1.807) is 20.0 Å². The van der Waals surface area contributed by atoms with Crippen molar-refractivity contribution in [1.82, 2.24) is 19.9 Å². The Morgan fingerprint density at radius 1 is 1.15 bits per heavy atom. The molecule has 1 saturated heterocycles. The lowest BCUT2D eigenvalue weighted by Crippen LogP contribution is -2.56. The van der Waals surface area contributed by atoms with E-state index in [1.165, 1.54) is 6.26 Å². The Kier molecular flexibility index (Phi) is 4.94. The van der Waals surface area contributed by atoms with Gasteiger partial charge in [-0.1, -0.05) is 0 Å². The standard InChI is InChI=1S/C22H26N6O4S/c1-12-9-31-10-15-11-32-17-18(22(2,3)33(4,29)30)26-19(27-20(17)28(12)15)13-5-6-16-14(7-13)8-24-21(23)25-16/h5-8,12,15H,9-11H2,1-4H3,(H2,23,24,25)/t12-,15?/m1/s1. The van der Waals surface area contributed by atoms with Gasteiger partial charge in [0.1, 0.15) is 17.0 Å². The lowest BCUT2D eigenvalue weighted by Gasteiger charge is -2.45. The highest BCUT2D eigenvalue weighted by Gasteiger charge is 2.43. The zero-order chi connectivity index (χ0) is 23.5. The highest BCUT2D eigenvalue weighted by Crippen LogP contribution is 2.44. The van der Waals surface area contributed by atoms with Crippen LogP contribution >= 0.6 is 0 Å². The highest BCUT2D eigenvalue weighted by atomic mass is 32.2. The summed E-state index contributed by atoms with van der Waals surface area (Å²) in [7, 11) is -3.52. The van der Waals surface area contributed by atoms with Gasteiger partial charge in [0.15, 0.2) is 27.2 Å². The van der Waals surface area contributed by atoms with Gasteiger partial charge in [-0.3, -0.25) is 0 Å². The Bertz CT molecular complexity index is 1360. The van der Waals surface area contributed by atoms with Gasteiger partial charge in [0.05, 0.1) is 30.8 Å². The van der Waals surface area contributed by atoms with Crippen molar-refractivity contribution in [1.29, 1.82) is 0 Å². The predicted molar refractivity (Wildman–Crippen MR) is 125 cm³/mol. The molecule has 1 aromatic carbocycles. The van der Waals surface area contributed by atoms with Crippen LogP contribution in [0.3, 0.4) is 0 Å². The van der Waals surface area contributed by atoms with Crippen LogP contribution in [0.4, 0.5) is 11.8 Å². The highest BCUT2D eigenvalue weighted by molar-refractivity contribution is 7.91. The summed E-state index contributed by atoms with van der Waals surface area (Å²) in [6, 6.07) is 5.58. The normalized spacial score (nSPS) is 20.8. The molecule has 174 valence electrons. The molecule has 0 aliphatic carbocycles. The minimum atomic E-state index is -3.52. The molecule has 0 bridgehead atoms. The van der Waals surface area contributed by atoms with Crippen LogP contribution in [0, 0.1) is 0 Å². The van der Waals surface area contributed by atoms with Gasteiger partial charge in [-0.05, 0) is 39.0 Å². The zero-order valence-corrected chi connectivity index (χ0v) is 19.8. The van der Waals surface area contributed by atoms with Crippen LogP contribution in [-0.2, 0) is 19.3 Å². The molecule has 2 aromatic heterocycles. The number of fused-ring (bicyclic) bond motifs is 4. The SMILES string of the molecule is C[C@@H]1COCC2COc3c(nc(-c4ccc5nc(N)ncc5c4)nc3C(C)(C)S(C)(=O)=O)N21. The van der Waals surface area contributed by atoms with E-state index >= 15 is 0 Å². The lowest BCUT2D eigenvalue weighted by atomic mass is 10.0. The molecule has 0 radical (unpaired) electrons. The minimum Gasteiger partial charge on any atom is -0.486 e. The zero-order valence-electron chi connectivity index (χ0n) is 18.9. The Morgan fingerprint density at radius 3 is 2.70 bits per heavy atom. The second kappa shape index (κ2) is 7.49. The summed E-state index contributed by atoms with van der Waals surface area (Å²) in [4.78, 5) is 20.1. The second-order valence-corrected chi connectivity index (χ2v) is 11.7. The third kappa shape index (κ3) is 3.55. The van der Waals surface area contributed by atoms with Crippen LogP contribution in [0.1, 0.15) is 26.5 Å².